The van der Waals surface area contributed by atoms with E-state index in [1.54, 1.807) is 6.92 Å². The van der Waals surface area contributed by atoms with E-state index in [0.29, 0.717) is 17.2 Å². The van der Waals surface area contributed by atoms with Gasteiger partial charge in [0.2, 0.25) is 5.88 Å². The highest BCUT2D eigenvalue weighted by atomic mass is 16.3. The van der Waals surface area contributed by atoms with Crippen molar-refractivity contribution in [2.75, 3.05) is 18.8 Å². The number of nitrogen functional groups attached to an aromatic ring is 1. The topological polar surface area (TPSA) is 84.1 Å². The monoisotopic (exact) mass is 236 g/mol. The van der Waals surface area contributed by atoms with Crippen LogP contribution >= 0.6 is 0 Å². The zero-order valence-corrected chi connectivity index (χ0v) is 10.2. The van der Waals surface area contributed by atoms with Crippen molar-refractivity contribution in [2.45, 2.75) is 32.6 Å². The molecule has 0 saturated carbocycles. The van der Waals surface area contributed by atoms with Crippen LogP contribution in [0.4, 0.5) is 5.82 Å². The van der Waals surface area contributed by atoms with Crippen LogP contribution in [0.1, 0.15) is 30.7 Å². The first kappa shape index (κ1) is 12.1. The molecule has 1 fully saturated rings. The van der Waals surface area contributed by atoms with Crippen LogP contribution in [0.5, 0.6) is 5.88 Å². The van der Waals surface area contributed by atoms with Gasteiger partial charge in [0.05, 0.1) is 5.56 Å². The molecule has 2 heterocycles. The number of piperidine rings is 1. The average molecular weight is 236 g/mol. The fraction of sp³-hybridized carbons (Fsp3) is 0.667. The number of rotatable bonds is 3. The maximum absolute atomic E-state index is 9.76. The summed E-state index contributed by atoms with van der Waals surface area (Å²) in [6.07, 6.45) is 4.22. The maximum Gasteiger partial charge on any atom is 0.219 e. The average Bonchev–Trinajstić information content (AvgIpc) is 2.29. The number of anilines is 1. The molecule has 2 rings (SSSR count). The Kier molecular flexibility index (Phi) is 3.78. The van der Waals surface area contributed by atoms with Crippen molar-refractivity contribution in [1.82, 2.24) is 15.3 Å². The van der Waals surface area contributed by atoms with Crippen LogP contribution in [0.15, 0.2) is 0 Å². The minimum atomic E-state index is 0.0453. The summed E-state index contributed by atoms with van der Waals surface area (Å²) >= 11 is 0. The minimum absolute atomic E-state index is 0.0453. The molecule has 0 spiro atoms. The Balaban J connectivity index is 1.98. The standard InChI is InChI=1S/C12H20N4O/c1-8-15-11(13)10(12(17)16-8)3-2-9-4-6-14-7-5-9/h9,14H,2-7H2,1H3,(H3,13,15,16,17). The Hall–Kier alpha value is -1.36. The van der Waals surface area contributed by atoms with Crippen molar-refractivity contribution in [3.8, 4) is 5.88 Å². The summed E-state index contributed by atoms with van der Waals surface area (Å²) in [5.41, 5.74) is 6.52. The molecule has 4 N–H and O–H groups in total. The van der Waals surface area contributed by atoms with Gasteiger partial charge in [0.15, 0.2) is 0 Å². The summed E-state index contributed by atoms with van der Waals surface area (Å²) in [6, 6.07) is 0. The number of aromatic nitrogens is 2. The maximum atomic E-state index is 9.76. The summed E-state index contributed by atoms with van der Waals surface area (Å²) in [6.45, 7) is 3.92. The second kappa shape index (κ2) is 5.31. The molecule has 0 aromatic carbocycles. The van der Waals surface area contributed by atoms with Crippen molar-refractivity contribution in [2.24, 2.45) is 5.92 Å². The van der Waals surface area contributed by atoms with Crippen molar-refractivity contribution in [3.63, 3.8) is 0 Å². The number of aromatic hydroxyl groups is 1. The van der Waals surface area contributed by atoms with Crippen molar-refractivity contribution >= 4 is 5.82 Å². The molecular weight excluding hydrogens is 216 g/mol. The molecule has 5 nitrogen and oxygen atoms in total. The molecule has 1 aliphatic heterocycles. The van der Waals surface area contributed by atoms with Crippen LogP contribution in [-0.4, -0.2) is 28.2 Å². The van der Waals surface area contributed by atoms with E-state index < -0.39 is 0 Å². The normalized spacial score (nSPS) is 17.2. The fourth-order valence-electron chi connectivity index (χ4n) is 2.36. The van der Waals surface area contributed by atoms with Gasteiger partial charge in [-0.1, -0.05) is 0 Å². The highest BCUT2D eigenvalue weighted by Crippen LogP contribution is 2.25. The highest BCUT2D eigenvalue weighted by molar-refractivity contribution is 5.45. The smallest absolute Gasteiger partial charge is 0.219 e. The second-order valence-electron chi connectivity index (χ2n) is 4.69. The number of hydrogen-bond donors (Lipinski definition) is 3. The summed E-state index contributed by atoms with van der Waals surface area (Å²) in [5, 5.41) is 13.1. The van der Waals surface area contributed by atoms with E-state index >= 15 is 0 Å². The largest absolute Gasteiger partial charge is 0.493 e. The molecule has 0 radical (unpaired) electrons. The second-order valence-corrected chi connectivity index (χ2v) is 4.69. The van der Waals surface area contributed by atoms with Crippen molar-refractivity contribution < 1.29 is 5.11 Å². The molecule has 1 saturated heterocycles. The van der Waals surface area contributed by atoms with Crippen LogP contribution < -0.4 is 11.1 Å². The molecule has 94 valence electrons. The Bertz CT molecular complexity index is 365. The summed E-state index contributed by atoms with van der Waals surface area (Å²) in [4.78, 5) is 8.04. The lowest BCUT2D eigenvalue weighted by molar-refractivity contribution is 0.351. The molecule has 0 unspecified atom stereocenters. The fourth-order valence-corrected chi connectivity index (χ4v) is 2.36. The van der Waals surface area contributed by atoms with Gasteiger partial charge in [0.25, 0.3) is 0 Å². The predicted octanol–water partition coefficient (Wildman–Crippen LogP) is 1.01. The van der Waals surface area contributed by atoms with Gasteiger partial charge in [-0.15, -0.1) is 0 Å². The Labute approximate surface area is 101 Å². The summed E-state index contributed by atoms with van der Waals surface area (Å²) in [5.74, 6) is 1.70. The SMILES string of the molecule is Cc1nc(N)c(CCC2CCNCC2)c(O)n1. The molecule has 1 aliphatic rings. The molecule has 17 heavy (non-hydrogen) atoms. The molecule has 0 amide bonds. The Morgan fingerprint density at radius 3 is 2.71 bits per heavy atom. The zero-order chi connectivity index (χ0) is 12.3. The van der Waals surface area contributed by atoms with Gasteiger partial charge in [-0.25, -0.2) is 4.98 Å². The van der Waals surface area contributed by atoms with Crippen LogP contribution in [0, 0.1) is 12.8 Å². The molecule has 1 aromatic heterocycles. The summed E-state index contributed by atoms with van der Waals surface area (Å²) < 4.78 is 0. The molecule has 1 aromatic rings. The van der Waals surface area contributed by atoms with E-state index in [9.17, 15) is 5.11 Å². The van der Waals surface area contributed by atoms with Crippen LogP contribution in [0.25, 0.3) is 0 Å². The number of aryl methyl sites for hydroxylation is 1. The number of nitrogens with two attached hydrogens (primary N) is 1. The Morgan fingerprint density at radius 2 is 2.06 bits per heavy atom. The van der Waals surface area contributed by atoms with Gasteiger partial charge in [0, 0.05) is 0 Å². The number of nitrogens with zero attached hydrogens (tertiary/aromatic N) is 2. The third kappa shape index (κ3) is 3.06. The lowest BCUT2D eigenvalue weighted by Crippen LogP contribution is -2.28. The van der Waals surface area contributed by atoms with Crippen LogP contribution in [-0.2, 0) is 6.42 Å². The van der Waals surface area contributed by atoms with E-state index in [4.69, 9.17) is 5.73 Å². The van der Waals surface area contributed by atoms with Gasteiger partial charge in [-0.3, -0.25) is 0 Å². The van der Waals surface area contributed by atoms with E-state index in [0.717, 1.165) is 31.8 Å². The lowest BCUT2D eigenvalue weighted by Gasteiger charge is -2.22. The molecular formula is C12H20N4O. The highest BCUT2D eigenvalue weighted by Gasteiger charge is 2.16. The quantitative estimate of drug-likeness (QED) is 0.729. The van der Waals surface area contributed by atoms with Crippen molar-refractivity contribution in [1.29, 1.82) is 0 Å². The first-order valence-corrected chi connectivity index (χ1v) is 6.19. The van der Waals surface area contributed by atoms with Crippen molar-refractivity contribution in [3.05, 3.63) is 11.4 Å². The molecule has 5 heteroatoms. The van der Waals surface area contributed by atoms with Crippen LogP contribution in [0.2, 0.25) is 0 Å². The molecule has 0 atom stereocenters. The molecule has 0 bridgehead atoms. The van der Waals surface area contributed by atoms with E-state index in [1.165, 1.54) is 12.8 Å². The van der Waals surface area contributed by atoms with Gasteiger partial charge in [-0.05, 0) is 51.6 Å². The van der Waals surface area contributed by atoms with Gasteiger partial charge < -0.3 is 16.2 Å². The van der Waals surface area contributed by atoms with E-state index in [1.807, 2.05) is 0 Å². The third-order valence-corrected chi connectivity index (χ3v) is 3.39. The van der Waals surface area contributed by atoms with E-state index in [2.05, 4.69) is 15.3 Å². The molecule has 0 aliphatic carbocycles. The first-order valence-electron chi connectivity index (χ1n) is 6.19. The van der Waals surface area contributed by atoms with Gasteiger partial charge in [0.1, 0.15) is 11.6 Å². The Morgan fingerprint density at radius 1 is 1.35 bits per heavy atom. The third-order valence-electron chi connectivity index (χ3n) is 3.39. The lowest BCUT2D eigenvalue weighted by atomic mass is 9.91. The number of nitrogens with one attached hydrogen (secondary N) is 1. The van der Waals surface area contributed by atoms with Gasteiger partial charge >= 0.3 is 0 Å². The van der Waals surface area contributed by atoms with Gasteiger partial charge in [-0.2, -0.15) is 4.98 Å². The summed E-state index contributed by atoms with van der Waals surface area (Å²) in [7, 11) is 0. The van der Waals surface area contributed by atoms with E-state index in [-0.39, 0.29) is 5.88 Å². The zero-order valence-electron chi connectivity index (χ0n) is 10.2. The number of hydrogen-bond acceptors (Lipinski definition) is 5. The predicted molar refractivity (Wildman–Crippen MR) is 66.8 cm³/mol. The van der Waals surface area contributed by atoms with Crippen LogP contribution in [0.3, 0.4) is 0 Å². The first-order chi connectivity index (χ1) is 8.16. The minimum Gasteiger partial charge on any atom is -0.493 e.